The number of carbonyl (C=O) groups is 1. The van der Waals surface area contributed by atoms with Crippen molar-refractivity contribution >= 4 is 17.5 Å². The second-order valence-electron chi connectivity index (χ2n) is 6.70. The van der Waals surface area contributed by atoms with E-state index in [-0.39, 0.29) is 12.5 Å². The molecule has 1 aliphatic heterocycles. The van der Waals surface area contributed by atoms with Gasteiger partial charge in [0.1, 0.15) is 11.5 Å². The second kappa shape index (κ2) is 9.11. The van der Waals surface area contributed by atoms with Crippen molar-refractivity contribution in [3.63, 3.8) is 0 Å². The first-order valence-corrected chi connectivity index (χ1v) is 9.45. The largest absolute Gasteiger partial charge is 0.496 e. The Bertz CT molecular complexity index is 771. The van der Waals surface area contributed by atoms with E-state index in [1.165, 1.54) is 5.56 Å². The molecule has 0 bridgehead atoms. The Morgan fingerprint density at radius 3 is 2.41 bits per heavy atom. The number of rotatable bonds is 6. The van der Waals surface area contributed by atoms with Crippen LogP contribution in [0.3, 0.4) is 0 Å². The van der Waals surface area contributed by atoms with E-state index in [1.54, 1.807) is 31.4 Å². The van der Waals surface area contributed by atoms with E-state index in [1.807, 2.05) is 11.0 Å². The summed E-state index contributed by atoms with van der Waals surface area (Å²) in [5.74, 6) is 1.58. The van der Waals surface area contributed by atoms with Crippen molar-refractivity contribution in [2.75, 3.05) is 39.9 Å². The fourth-order valence-electron chi connectivity index (χ4n) is 3.22. The Labute approximate surface area is 165 Å². The summed E-state index contributed by atoms with van der Waals surface area (Å²) in [5.41, 5.74) is 2.40. The minimum Gasteiger partial charge on any atom is -0.496 e. The van der Waals surface area contributed by atoms with Crippen molar-refractivity contribution in [3.05, 3.63) is 58.6 Å². The van der Waals surface area contributed by atoms with Crippen molar-refractivity contribution in [1.29, 1.82) is 0 Å². The van der Waals surface area contributed by atoms with Gasteiger partial charge in [-0.15, -0.1) is 0 Å². The topological polar surface area (TPSA) is 42.0 Å². The first-order valence-electron chi connectivity index (χ1n) is 9.07. The van der Waals surface area contributed by atoms with Crippen LogP contribution in [0, 0.1) is 6.92 Å². The number of aryl methyl sites for hydroxylation is 1. The molecule has 0 saturated carbocycles. The molecule has 0 aromatic heterocycles. The van der Waals surface area contributed by atoms with E-state index in [4.69, 9.17) is 21.1 Å². The number of piperazine rings is 1. The number of amides is 1. The van der Waals surface area contributed by atoms with Crippen molar-refractivity contribution in [1.82, 2.24) is 9.80 Å². The lowest BCUT2D eigenvalue weighted by Crippen LogP contribution is -2.49. The number of methoxy groups -OCH3 is 1. The molecule has 1 fully saturated rings. The molecule has 2 aromatic rings. The maximum absolute atomic E-state index is 12.4. The predicted octanol–water partition coefficient (Wildman–Crippen LogP) is 3.38. The summed E-state index contributed by atoms with van der Waals surface area (Å²) in [6.45, 7) is 6.15. The maximum atomic E-state index is 12.4. The van der Waals surface area contributed by atoms with Crippen LogP contribution in [0.2, 0.25) is 5.02 Å². The van der Waals surface area contributed by atoms with Gasteiger partial charge in [-0.1, -0.05) is 23.7 Å². The van der Waals surface area contributed by atoms with E-state index < -0.39 is 0 Å². The van der Waals surface area contributed by atoms with Gasteiger partial charge < -0.3 is 14.4 Å². The van der Waals surface area contributed by atoms with Gasteiger partial charge in [0.2, 0.25) is 0 Å². The molecule has 0 atom stereocenters. The van der Waals surface area contributed by atoms with Crippen LogP contribution in [0.25, 0.3) is 0 Å². The van der Waals surface area contributed by atoms with Gasteiger partial charge in [-0.2, -0.15) is 0 Å². The summed E-state index contributed by atoms with van der Waals surface area (Å²) >= 11 is 5.85. The molecule has 0 spiro atoms. The number of carbonyl (C=O) groups excluding carboxylic acids is 1. The Morgan fingerprint density at radius 2 is 1.78 bits per heavy atom. The summed E-state index contributed by atoms with van der Waals surface area (Å²) in [6, 6.07) is 13.3. The zero-order chi connectivity index (χ0) is 19.2. The molecule has 1 heterocycles. The normalized spacial score (nSPS) is 14.9. The quantitative estimate of drug-likeness (QED) is 0.760. The molecule has 2 aromatic carbocycles. The lowest BCUT2D eigenvalue weighted by Gasteiger charge is -2.34. The molecule has 144 valence electrons. The molecule has 0 N–H and O–H groups in total. The fraction of sp³-hybridized carbons (Fsp3) is 0.381. The molecule has 0 unspecified atom stereocenters. The van der Waals surface area contributed by atoms with Crippen LogP contribution in [0.15, 0.2) is 42.5 Å². The number of hydrogen-bond donors (Lipinski definition) is 0. The average Bonchev–Trinajstić information content (AvgIpc) is 2.68. The first kappa shape index (κ1) is 19.5. The zero-order valence-electron chi connectivity index (χ0n) is 15.8. The van der Waals surface area contributed by atoms with Gasteiger partial charge in [0.05, 0.1) is 7.11 Å². The molecule has 1 saturated heterocycles. The van der Waals surface area contributed by atoms with Gasteiger partial charge in [0, 0.05) is 37.7 Å². The van der Waals surface area contributed by atoms with Gasteiger partial charge >= 0.3 is 0 Å². The predicted molar refractivity (Wildman–Crippen MR) is 107 cm³/mol. The molecule has 1 amide bonds. The highest BCUT2D eigenvalue weighted by atomic mass is 35.5. The maximum Gasteiger partial charge on any atom is 0.260 e. The van der Waals surface area contributed by atoms with Crippen molar-refractivity contribution < 1.29 is 14.3 Å². The summed E-state index contributed by atoms with van der Waals surface area (Å²) in [6.07, 6.45) is 0. The zero-order valence-corrected chi connectivity index (χ0v) is 16.5. The molecule has 5 nitrogen and oxygen atoms in total. The average molecular weight is 389 g/mol. The summed E-state index contributed by atoms with van der Waals surface area (Å²) < 4.78 is 10.9. The highest BCUT2D eigenvalue weighted by Crippen LogP contribution is 2.20. The van der Waals surface area contributed by atoms with E-state index >= 15 is 0 Å². The monoisotopic (exact) mass is 388 g/mol. The van der Waals surface area contributed by atoms with Crippen LogP contribution >= 0.6 is 11.6 Å². The Balaban J connectivity index is 1.44. The van der Waals surface area contributed by atoms with Gasteiger partial charge in [-0.25, -0.2) is 0 Å². The molecule has 0 radical (unpaired) electrons. The van der Waals surface area contributed by atoms with E-state index in [0.29, 0.717) is 10.8 Å². The van der Waals surface area contributed by atoms with Crippen molar-refractivity contribution in [2.24, 2.45) is 0 Å². The molecule has 3 rings (SSSR count). The lowest BCUT2D eigenvalue weighted by molar-refractivity contribution is -0.135. The number of halogens is 1. The van der Waals surface area contributed by atoms with Crippen LogP contribution < -0.4 is 9.47 Å². The molecular formula is C21H25ClN2O3. The Hall–Kier alpha value is -2.24. The smallest absolute Gasteiger partial charge is 0.260 e. The third kappa shape index (κ3) is 5.37. The fourth-order valence-corrected chi connectivity index (χ4v) is 3.35. The Kier molecular flexibility index (Phi) is 6.58. The Morgan fingerprint density at radius 1 is 1.07 bits per heavy atom. The van der Waals surface area contributed by atoms with Crippen molar-refractivity contribution in [2.45, 2.75) is 13.5 Å². The van der Waals surface area contributed by atoms with Gasteiger partial charge in [0.25, 0.3) is 5.91 Å². The molecule has 27 heavy (non-hydrogen) atoms. The van der Waals surface area contributed by atoms with E-state index in [9.17, 15) is 4.79 Å². The van der Waals surface area contributed by atoms with Crippen LogP contribution in [0.5, 0.6) is 11.5 Å². The highest BCUT2D eigenvalue weighted by molar-refractivity contribution is 6.30. The van der Waals surface area contributed by atoms with Gasteiger partial charge in [-0.05, 0) is 48.4 Å². The standard InChI is InChI=1S/C21H25ClN2O3/c1-16-13-17(3-8-20(16)26-2)14-23-9-11-24(12-10-23)21(25)15-27-19-6-4-18(22)5-7-19/h3-8,13H,9-12,14-15H2,1-2H3. The minimum absolute atomic E-state index is 0.0184. The molecule has 0 aliphatic carbocycles. The molecule has 1 aliphatic rings. The number of benzene rings is 2. The number of nitrogens with zero attached hydrogens (tertiary/aromatic N) is 2. The molecule has 6 heteroatoms. The summed E-state index contributed by atoms with van der Waals surface area (Å²) in [4.78, 5) is 16.6. The summed E-state index contributed by atoms with van der Waals surface area (Å²) in [7, 11) is 1.69. The second-order valence-corrected chi connectivity index (χ2v) is 7.14. The van der Waals surface area contributed by atoms with Crippen LogP contribution in [-0.2, 0) is 11.3 Å². The SMILES string of the molecule is COc1ccc(CN2CCN(C(=O)COc3ccc(Cl)cc3)CC2)cc1C. The van der Waals surface area contributed by atoms with E-state index in [2.05, 4.69) is 24.0 Å². The summed E-state index contributed by atoms with van der Waals surface area (Å²) in [5, 5.41) is 0.650. The number of ether oxygens (including phenoxy) is 2. The highest BCUT2D eigenvalue weighted by Gasteiger charge is 2.21. The lowest BCUT2D eigenvalue weighted by atomic mass is 10.1. The van der Waals surface area contributed by atoms with Crippen LogP contribution in [-0.4, -0.2) is 55.6 Å². The van der Waals surface area contributed by atoms with Gasteiger partial charge in [0.15, 0.2) is 6.61 Å². The first-order chi connectivity index (χ1) is 13.0. The van der Waals surface area contributed by atoms with E-state index in [0.717, 1.165) is 44.0 Å². The van der Waals surface area contributed by atoms with Crippen LogP contribution in [0.4, 0.5) is 0 Å². The van der Waals surface area contributed by atoms with Gasteiger partial charge in [-0.3, -0.25) is 9.69 Å². The van der Waals surface area contributed by atoms with Crippen LogP contribution in [0.1, 0.15) is 11.1 Å². The third-order valence-corrected chi connectivity index (χ3v) is 5.02. The third-order valence-electron chi connectivity index (χ3n) is 4.77. The van der Waals surface area contributed by atoms with Crippen molar-refractivity contribution in [3.8, 4) is 11.5 Å². The molecular weight excluding hydrogens is 364 g/mol. The minimum atomic E-state index is 0.0184. The number of hydrogen-bond acceptors (Lipinski definition) is 4.